The van der Waals surface area contributed by atoms with Crippen LogP contribution in [0.5, 0.6) is 5.75 Å². The second-order valence-corrected chi connectivity index (χ2v) is 13.0. The molecular formula is C29H40ClF2N5O5. The molecule has 10 nitrogen and oxygen atoms in total. The van der Waals surface area contributed by atoms with E-state index >= 15 is 0 Å². The van der Waals surface area contributed by atoms with Crippen LogP contribution in [0.2, 0.25) is 5.02 Å². The number of carboxylic acid groups (broad SMARTS) is 1. The molecule has 232 valence electrons. The zero-order chi connectivity index (χ0) is 31.1. The summed E-state index contributed by atoms with van der Waals surface area (Å²) in [6, 6.07) is 3.18. The number of hydrogen-bond acceptors (Lipinski definition) is 7. The topological polar surface area (TPSA) is 142 Å². The van der Waals surface area contributed by atoms with Crippen LogP contribution in [0.1, 0.15) is 70.2 Å². The third-order valence-electron chi connectivity index (χ3n) is 8.84. The molecule has 2 amide bonds. The van der Waals surface area contributed by atoms with E-state index in [0.29, 0.717) is 48.4 Å². The number of rotatable bonds is 8. The van der Waals surface area contributed by atoms with E-state index in [1.165, 1.54) is 7.05 Å². The lowest BCUT2D eigenvalue weighted by molar-refractivity contribution is -0.165. The van der Waals surface area contributed by atoms with Gasteiger partial charge in [0.1, 0.15) is 24.2 Å². The Hall–Kier alpha value is -3.12. The van der Waals surface area contributed by atoms with Crippen LogP contribution in [0.25, 0.3) is 0 Å². The van der Waals surface area contributed by atoms with Crippen LogP contribution in [0, 0.1) is 16.7 Å². The third kappa shape index (κ3) is 5.88. The first-order valence-electron chi connectivity index (χ1n) is 14.1. The number of amides is 2. The molecule has 0 spiro atoms. The average molecular weight is 612 g/mol. The molecule has 0 bridgehead atoms. The maximum atomic E-state index is 14.3. The van der Waals surface area contributed by atoms with E-state index in [1.54, 1.807) is 28.9 Å². The third-order valence-corrected chi connectivity index (χ3v) is 9.19. The Morgan fingerprint density at radius 2 is 1.95 bits per heavy atom. The summed E-state index contributed by atoms with van der Waals surface area (Å²) >= 11 is 6.64. The van der Waals surface area contributed by atoms with E-state index in [9.17, 15) is 28.3 Å². The molecule has 0 radical (unpaired) electrons. The number of carbonyl (C=O) groups excluding carboxylic acids is 2. The lowest BCUT2D eigenvalue weighted by Gasteiger charge is -2.47. The smallest absolute Gasteiger partial charge is 0.310 e. The number of fused-ring (bicyclic) bond motifs is 1. The Balaban J connectivity index is 1.82. The van der Waals surface area contributed by atoms with Crippen LogP contribution < -0.4 is 16.3 Å². The monoisotopic (exact) mass is 611 g/mol. The molecule has 2 heterocycles. The number of carbonyl (C=O) groups is 3. The number of likely N-dealkylation sites (tertiary alicyclic amines) is 1. The first-order valence-corrected chi connectivity index (χ1v) is 14.5. The Morgan fingerprint density at radius 3 is 2.52 bits per heavy atom. The molecule has 3 aliphatic rings. The molecule has 1 saturated heterocycles. The lowest BCUT2D eigenvalue weighted by atomic mass is 9.66. The molecule has 5 N–H and O–H groups in total. The highest BCUT2D eigenvalue weighted by Crippen LogP contribution is 2.49. The number of hydrazine groups is 1. The van der Waals surface area contributed by atoms with Gasteiger partial charge in [-0.2, -0.15) is 0 Å². The van der Waals surface area contributed by atoms with E-state index in [4.69, 9.17) is 27.9 Å². The van der Waals surface area contributed by atoms with Gasteiger partial charge in [-0.1, -0.05) is 38.3 Å². The number of benzene rings is 1. The van der Waals surface area contributed by atoms with E-state index in [-0.39, 0.29) is 41.6 Å². The predicted octanol–water partition coefficient (Wildman–Crippen LogP) is 3.88. The molecular weight excluding hydrogens is 572 g/mol. The molecule has 2 fully saturated rings. The average Bonchev–Trinajstić information content (AvgIpc) is 3.18. The van der Waals surface area contributed by atoms with Gasteiger partial charge in [0.25, 0.3) is 6.43 Å². The van der Waals surface area contributed by atoms with Gasteiger partial charge in [0, 0.05) is 37.1 Å². The number of nitrogens with zero attached hydrogens (tertiary/aromatic N) is 3. The molecule has 1 aromatic rings. The van der Waals surface area contributed by atoms with Crippen LogP contribution in [-0.4, -0.2) is 70.9 Å². The normalized spacial score (nSPS) is 26.2. The van der Waals surface area contributed by atoms with Gasteiger partial charge in [-0.25, -0.2) is 14.6 Å². The number of halogens is 3. The van der Waals surface area contributed by atoms with Crippen LogP contribution in [0.15, 0.2) is 23.5 Å². The van der Waals surface area contributed by atoms with Gasteiger partial charge in [0.05, 0.1) is 17.0 Å². The van der Waals surface area contributed by atoms with Gasteiger partial charge in [-0.15, -0.1) is 0 Å². The van der Waals surface area contributed by atoms with Crippen LogP contribution in [0.3, 0.4) is 0 Å². The van der Waals surface area contributed by atoms with Crippen molar-refractivity contribution in [2.45, 2.75) is 71.9 Å². The van der Waals surface area contributed by atoms with Crippen molar-refractivity contribution in [2.75, 3.05) is 26.7 Å². The number of nitrogens with two attached hydrogens (primary N) is 2. The fraction of sp³-hybridized carbons (Fsp3) is 0.621. The highest BCUT2D eigenvalue weighted by Gasteiger charge is 2.52. The molecule has 4 rings (SSSR count). The summed E-state index contributed by atoms with van der Waals surface area (Å²) < 4.78 is 33.2. The van der Waals surface area contributed by atoms with Crippen LogP contribution >= 0.6 is 11.6 Å². The summed E-state index contributed by atoms with van der Waals surface area (Å²) in [5, 5.41) is 11.3. The van der Waals surface area contributed by atoms with E-state index in [1.807, 2.05) is 13.8 Å². The van der Waals surface area contributed by atoms with Crippen molar-refractivity contribution in [2.24, 2.45) is 28.3 Å². The standard InChI is InChI=1S/C29H40ClF2N5O5/c1-28(2)13-21(38)37(15-28)25-22-16(10-12-36(25)26(39)17-7-5-6-11-29(17,3)27(40)41)18(30)8-9-20(22)42-14-19(33)23(24(31)32)35(4)34/h8-9,17,24-25H,5-7,10-15,33-34H2,1-4H3,(H,40,41)/b23-19-/t17?,25?,29-/m0/s1. The van der Waals surface area contributed by atoms with Gasteiger partial charge < -0.3 is 30.4 Å². The first-order chi connectivity index (χ1) is 19.6. The number of ether oxygens (including phenoxy) is 1. The number of hydrogen-bond donors (Lipinski definition) is 3. The van der Waals surface area contributed by atoms with Crippen LogP contribution in [-0.2, 0) is 20.8 Å². The summed E-state index contributed by atoms with van der Waals surface area (Å²) in [5.41, 5.74) is 4.59. The highest BCUT2D eigenvalue weighted by molar-refractivity contribution is 6.31. The van der Waals surface area contributed by atoms with Crippen LogP contribution in [0.4, 0.5) is 8.78 Å². The SMILES string of the molecule is CN(N)/C(=C(\N)COc1ccc(Cl)c2c1C(N1CC(C)(C)CC1=O)N(C(=O)C1CCCC[C@]1(C)C(=O)O)CC2)C(F)F. The highest BCUT2D eigenvalue weighted by atomic mass is 35.5. The number of allylic oxidation sites excluding steroid dienone is 1. The van der Waals surface area contributed by atoms with Crippen molar-refractivity contribution in [3.8, 4) is 5.75 Å². The summed E-state index contributed by atoms with van der Waals surface area (Å²) in [6.45, 7) is 5.64. The minimum absolute atomic E-state index is 0.171. The zero-order valence-electron chi connectivity index (χ0n) is 24.5. The largest absolute Gasteiger partial charge is 0.487 e. The second-order valence-electron chi connectivity index (χ2n) is 12.6. The van der Waals surface area contributed by atoms with Gasteiger partial charge >= 0.3 is 5.97 Å². The van der Waals surface area contributed by atoms with E-state index in [2.05, 4.69) is 0 Å². The number of alkyl halides is 2. The Labute approximate surface area is 249 Å². The van der Waals surface area contributed by atoms with Gasteiger partial charge in [0.2, 0.25) is 11.8 Å². The van der Waals surface area contributed by atoms with Crippen molar-refractivity contribution >= 4 is 29.4 Å². The molecule has 2 unspecified atom stereocenters. The molecule has 3 atom stereocenters. The molecule has 1 aliphatic carbocycles. The van der Waals surface area contributed by atoms with Gasteiger partial charge in [0.15, 0.2) is 0 Å². The van der Waals surface area contributed by atoms with Crippen molar-refractivity contribution in [3.05, 3.63) is 39.7 Å². The molecule has 2 aliphatic heterocycles. The molecule has 13 heteroatoms. The molecule has 0 aromatic heterocycles. The van der Waals surface area contributed by atoms with Gasteiger partial charge in [-0.3, -0.25) is 14.4 Å². The molecule has 1 aromatic carbocycles. The lowest BCUT2D eigenvalue weighted by Crippen LogP contribution is -2.54. The summed E-state index contributed by atoms with van der Waals surface area (Å²) in [6.07, 6.45) is -1.07. The van der Waals surface area contributed by atoms with Crippen molar-refractivity contribution < 1.29 is 33.0 Å². The number of carboxylic acids is 1. The summed E-state index contributed by atoms with van der Waals surface area (Å²) in [5.74, 6) is 3.47. The predicted molar refractivity (Wildman–Crippen MR) is 152 cm³/mol. The zero-order valence-corrected chi connectivity index (χ0v) is 25.2. The molecule has 1 saturated carbocycles. The Bertz CT molecular complexity index is 1280. The number of aliphatic carboxylic acids is 1. The minimum Gasteiger partial charge on any atom is -0.487 e. The second kappa shape index (κ2) is 11.9. The van der Waals surface area contributed by atoms with Gasteiger partial charge in [-0.05, 0) is 49.3 Å². The van der Waals surface area contributed by atoms with Crippen molar-refractivity contribution in [3.63, 3.8) is 0 Å². The van der Waals surface area contributed by atoms with E-state index in [0.717, 1.165) is 11.4 Å². The Morgan fingerprint density at radius 1 is 1.26 bits per heavy atom. The maximum Gasteiger partial charge on any atom is 0.310 e. The van der Waals surface area contributed by atoms with Crippen molar-refractivity contribution in [1.82, 2.24) is 14.8 Å². The minimum atomic E-state index is -2.94. The first kappa shape index (κ1) is 31.8. The van der Waals surface area contributed by atoms with E-state index < -0.39 is 42.2 Å². The fourth-order valence-electron chi connectivity index (χ4n) is 6.62. The van der Waals surface area contributed by atoms with Crippen molar-refractivity contribution in [1.29, 1.82) is 0 Å². The maximum absolute atomic E-state index is 14.3. The summed E-state index contributed by atoms with van der Waals surface area (Å²) in [7, 11) is 1.24. The fourth-order valence-corrected chi connectivity index (χ4v) is 6.88. The molecule has 42 heavy (non-hydrogen) atoms. The quantitative estimate of drug-likeness (QED) is 0.297. The Kier molecular flexibility index (Phi) is 8.99. The summed E-state index contributed by atoms with van der Waals surface area (Å²) in [4.78, 5) is 43.4.